The summed E-state index contributed by atoms with van der Waals surface area (Å²) in [7, 11) is 3.72. The fourth-order valence-electron chi connectivity index (χ4n) is 1.38. The van der Waals surface area contributed by atoms with Crippen LogP contribution >= 0.6 is 0 Å². The Hall–Kier alpha value is -1.35. The van der Waals surface area contributed by atoms with Gasteiger partial charge in [0, 0.05) is 0 Å². The van der Waals surface area contributed by atoms with Gasteiger partial charge in [-0.25, -0.2) is 0 Å². The molecule has 0 radical (unpaired) electrons. The summed E-state index contributed by atoms with van der Waals surface area (Å²) in [4.78, 5) is 13.0. The van der Waals surface area contributed by atoms with Gasteiger partial charge in [0.15, 0.2) is 0 Å². The van der Waals surface area contributed by atoms with Gasteiger partial charge in [-0.15, -0.1) is 0 Å². The molecule has 2 N–H and O–H groups in total. The van der Waals surface area contributed by atoms with Gasteiger partial charge in [-0.2, -0.15) is 0 Å². The number of hydrogen-bond acceptors (Lipinski definition) is 2. The van der Waals surface area contributed by atoms with Gasteiger partial charge in [-0.3, -0.25) is 9.69 Å². The van der Waals surface area contributed by atoms with Gasteiger partial charge in [-0.05, 0) is 26.1 Å². The lowest BCUT2D eigenvalue weighted by Gasteiger charge is -2.20. The normalized spacial score (nSPS) is 12.8. The average Bonchev–Trinajstić information content (AvgIpc) is 2.15. The molecule has 1 rings (SSSR count). The Balaban J connectivity index is 2.70. The highest BCUT2D eigenvalue weighted by Gasteiger charge is 2.17. The molecule has 0 aliphatic heterocycles. The maximum Gasteiger partial charge on any atom is 0.235 e. The lowest BCUT2D eigenvalue weighted by molar-refractivity contribution is -0.122. The number of amides is 1. The fraction of sp³-hybridized carbons (Fsp3) is 0.364. The Morgan fingerprint density at radius 1 is 1.36 bits per heavy atom. The van der Waals surface area contributed by atoms with Crippen molar-refractivity contribution in [3.63, 3.8) is 0 Å². The van der Waals surface area contributed by atoms with Crippen LogP contribution < -0.4 is 5.73 Å². The van der Waals surface area contributed by atoms with Crippen molar-refractivity contribution in [3.8, 4) is 0 Å². The van der Waals surface area contributed by atoms with E-state index in [1.165, 1.54) is 0 Å². The minimum atomic E-state index is -0.279. The molecular formula is C11H16N2O. The lowest BCUT2D eigenvalue weighted by atomic mass is 10.1. The lowest BCUT2D eigenvalue weighted by Crippen LogP contribution is -2.41. The van der Waals surface area contributed by atoms with E-state index in [9.17, 15) is 4.79 Å². The number of carbonyl (C=O) groups excluding carboxylic acids is 1. The van der Waals surface area contributed by atoms with Crippen LogP contribution in [0.15, 0.2) is 30.3 Å². The van der Waals surface area contributed by atoms with Gasteiger partial charge < -0.3 is 5.73 Å². The quantitative estimate of drug-likeness (QED) is 0.761. The zero-order chi connectivity index (χ0) is 10.6. The van der Waals surface area contributed by atoms with E-state index in [0.717, 1.165) is 5.56 Å². The van der Waals surface area contributed by atoms with Gasteiger partial charge in [0.2, 0.25) is 5.91 Å². The van der Waals surface area contributed by atoms with Gasteiger partial charge in [0.25, 0.3) is 0 Å². The van der Waals surface area contributed by atoms with Gasteiger partial charge in [-0.1, -0.05) is 30.3 Å². The predicted molar refractivity (Wildman–Crippen MR) is 56.8 cm³/mol. The van der Waals surface area contributed by atoms with Crippen LogP contribution in [0.2, 0.25) is 0 Å². The van der Waals surface area contributed by atoms with Crippen molar-refractivity contribution in [2.75, 3.05) is 14.1 Å². The third-order valence-electron chi connectivity index (χ3n) is 2.22. The summed E-state index contributed by atoms with van der Waals surface area (Å²) in [5, 5.41) is 0. The van der Waals surface area contributed by atoms with E-state index < -0.39 is 0 Å². The molecule has 0 spiro atoms. The standard InChI is InChI=1S/C11H16N2O/c1-13(2)10(11(12)14)8-9-6-4-3-5-7-9/h3-7,10H,8H2,1-2H3,(H2,12,14)/t10-/m1/s1. The molecule has 0 saturated heterocycles. The van der Waals surface area contributed by atoms with E-state index in [2.05, 4.69) is 0 Å². The van der Waals surface area contributed by atoms with Crippen molar-refractivity contribution in [2.24, 2.45) is 5.73 Å². The smallest absolute Gasteiger partial charge is 0.235 e. The Morgan fingerprint density at radius 2 is 1.93 bits per heavy atom. The second-order valence-electron chi connectivity index (χ2n) is 3.57. The molecular weight excluding hydrogens is 176 g/mol. The highest BCUT2D eigenvalue weighted by atomic mass is 16.1. The highest BCUT2D eigenvalue weighted by Crippen LogP contribution is 2.05. The Kier molecular flexibility index (Phi) is 3.65. The topological polar surface area (TPSA) is 46.3 Å². The molecule has 76 valence electrons. The number of benzene rings is 1. The van der Waals surface area contributed by atoms with Gasteiger partial charge >= 0.3 is 0 Å². The van der Waals surface area contributed by atoms with Crippen LogP contribution in [0.3, 0.4) is 0 Å². The zero-order valence-electron chi connectivity index (χ0n) is 8.60. The minimum absolute atomic E-state index is 0.225. The minimum Gasteiger partial charge on any atom is -0.368 e. The fourth-order valence-corrected chi connectivity index (χ4v) is 1.38. The van der Waals surface area contributed by atoms with E-state index in [0.29, 0.717) is 6.42 Å². The second kappa shape index (κ2) is 4.77. The van der Waals surface area contributed by atoms with Crippen molar-refractivity contribution in [1.82, 2.24) is 4.90 Å². The van der Waals surface area contributed by atoms with Crippen LogP contribution in [0.4, 0.5) is 0 Å². The summed E-state index contributed by atoms with van der Waals surface area (Å²) in [6.45, 7) is 0. The molecule has 1 aromatic carbocycles. The molecule has 0 aromatic heterocycles. The SMILES string of the molecule is CN(C)[C@H](Cc1ccccc1)C(N)=O. The first-order chi connectivity index (χ1) is 6.61. The van der Waals surface area contributed by atoms with Crippen LogP contribution in [0.5, 0.6) is 0 Å². The molecule has 1 amide bonds. The molecule has 0 unspecified atom stereocenters. The van der Waals surface area contributed by atoms with Crippen LogP contribution in [0.1, 0.15) is 5.56 Å². The summed E-state index contributed by atoms with van der Waals surface area (Å²) in [5.41, 5.74) is 6.43. The molecule has 0 heterocycles. The van der Waals surface area contributed by atoms with Gasteiger partial charge in [0.05, 0.1) is 6.04 Å². The predicted octanol–water partition coefficient (Wildman–Crippen LogP) is 0.645. The zero-order valence-corrected chi connectivity index (χ0v) is 8.60. The van der Waals surface area contributed by atoms with Crippen LogP contribution in [-0.4, -0.2) is 30.9 Å². The third-order valence-corrected chi connectivity index (χ3v) is 2.22. The maximum absolute atomic E-state index is 11.1. The van der Waals surface area contributed by atoms with Crippen molar-refractivity contribution in [1.29, 1.82) is 0 Å². The second-order valence-corrected chi connectivity index (χ2v) is 3.57. The number of likely N-dealkylation sites (N-methyl/N-ethyl adjacent to an activating group) is 1. The summed E-state index contributed by atoms with van der Waals surface area (Å²) < 4.78 is 0. The first-order valence-corrected chi connectivity index (χ1v) is 4.61. The number of rotatable bonds is 4. The molecule has 3 nitrogen and oxygen atoms in total. The molecule has 0 saturated carbocycles. The molecule has 1 atom stereocenters. The number of hydrogen-bond donors (Lipinski definition) is 1. The van der Waals surface area contributed by atoms with Crippen molar-refractivity contribution < 1.29 is 4.79 Å². The average molecular weight is 192 g/mol. The molecule has 3 heteroatoms. The van der Waals surface area contributed by atoms with Crippen molar-refractivity contribution in [3.05, 3.63) is 35.9 Å². The van der Waals surface area contributed by atoms with E-state index in [-0.39, 0.29) is 11.9 Å². The third kappa shape index (κ3) is 2.85. The van der Waals surface area contributed by atoms with Crippen LogP contribution in [0, 0.1) is 0 Å². The number of carbonyl (C=O) groups is 1. The summed E-state index contributed by atoms with van der Waals surface area (Å²) in [6, 6.07) is 9.65. The molecule has 0 aliphatic rings. The Labute approximate surface area is 84.5 Å². The first kappa shape index (κ1) is 10.7. The van der Waals surface area contributed by atoms with E-state index in [4.69, 9.17) is 5.73 Å². The van der Waals surface area contributed by atoms with Crippen LogP contribution in [-0.2, 0) is 11.2 Å². The largest absolute Gasteiger partial charge is 0.368 e. The summed E-state index contributed by atoms with van der Waals surface area (Å²) in [5.74, 6) is -0.279. The number of nitrogens with zero attached hydrogens (tertiary/aromatic N) is 1. The van der Waals surface area contributed by atoms with E-state index in [1.807, 2.05) is 49.3 Å². The number of nitrogens with two attached hydrogens (primary N) is 1. The summed E-state index contributed by atoms with van der Waals surface area (Å²) >= 11 is 0. The van der Waals surface area contributed by atoms with E-state index in [1.54, 1.807) is 0 Å². The molecule has 0 aliphatic carbocycles. The number of primary amides is 1. The monoisotopic (exact) mass is 192 g/mol. The van der Waals surface area contributed by atoms with Crippen molar-refractivity contribution >= 4 is 5.91 Å². The van der Waals surface area contributed by atoms with Crippen molar-refractivity contribution in [2.45, 2.75) is 12.5 Å². The maximum atomic E-state index is 11.1. The molecule has 0 bridgehead atoms. The first-order valence-electron chi connectivity index (χ1n) is 4.61. The van der Waals surface area contributed by atoms with E-state index >= 15 is 0 Å². The Morgan fingerprint density at radius 3 is 2.36 bits per heavy atom. The molecule has 14 heavy (non-hydrogen) atoms. The Bertz CT molecular complexity index is 295. The molecule has 1 aromatic rings. The van der Waals surface area contributed by atoms with Gasteiger partial charge in [0.1, 0.15) is 0 Å². The summed E-state index contributed by atoms with van der Waals surface area (Å²) in [6.07, 6.45) is 0.670. The van der Waals surface area contributed by atoms with Crippen LogP contribution in [0.25, 0.3) is 0 Å². The highest BCUT2D eigenvalue weighted by molar-refractivity contribution is 5.80. The molecule has 0 fully saturated rings.